The molecule has 0 unspecified atom stereocenters. The Morgan fingerprint density at radius 3 is 2.80 bits per heavy atom. The van der Waals surface area contributed by atoms with Crippen molar-refractivity contribution >= 4 is 5.97 Å². The van der Waals surface area contributed by atoms with E-state index in [1.165, 1.54) is 0 Å². The average Bonchev–Trinajstić information content (AvgIpc) is 3.31. The standard InChI is InChI=1S/C18H15NO6/c1-10-5-14(11(2)24-10)18(20)21-8-13-7-16(25-19-13)12-3-4-15-17(6-12)23-9-22-15/h3-7H,8-9H2,1-2H3. The summed E-state index contributed by atoms with van der Waals surface area (Å²) >= 11 is 0. The van der Waals surface area contributed by atoms with E-state index in [1.54, 1.807) is 26.0 Å². The van der Waals surface area contributed by atoms with Crippen molar-refractivity contribution in [2.75, 3.05) is 6.79 Å². The molecule has 0 saturated heterocycles. The maximum Gasteiger partial charge on any atom is 0.342 e. The second kappa shape index (κ2) is 6.01. The first-order valence-electron chi connectivity index (χ1n) is 7.70. The van der Waals surface area contributed by atoms with Gasteiger partial charge in [0.2, 0.25) is 6.79 Å². The molecule has 1 aromatic carbocycles. The summed E-state index contributed by atoms with van der Waals surface area (Å²) in [6, 6.07) is 8.85. The molecule has 0 N–H and O–H groups in total. The van der Waals surface area contributed by atoms with E-state index in [9.17, 15) is 4.79 Å². The van der Waals surface area contributed by atoms with Crippen LogP contribution in [0.15, 0.2) is 39.3 Å². The molecule has 25 heavy (non-hydrogen) atoms. The number of hydrogen-bond donors (Lipinski definition) is 0. The van der Waals surface area contributed by atoms with Gasteiger partial charge in [-0.25, -0.2) is 4.79 Å². The van der Waals surface area contributed by atoms with Crippen molar-refractivity contribution in [1.82, 2.24) is 5.16 Å². The zero-order chi connectivity index (χ0) is 17.4. The Balaban J connectivity index is 1.45. The maximum absolute atomic E-state index is 12.1. The topological polar surface area (TPSA) is 83.9 Å². The van der Waals surface area contributed by atoms with Gasteiger partial charge in [0.25, 0.3) is 0 Å². The lowest BCUT2D eigenvalue weighted by Gasteiger charge is -2.00. The van der Waals surface area contributed by atoms with Crippen LogP contribution in [0.4, 0.5) is 0 Å². The van der Waals surface area contributed by atoms with E-state index in [-0.39, 0.29) is 13.4 Å². The van der Waals surface area contributed by atoms with Crippen molar-refractivity contribution in [2.24, 2.45) is 0 Å². The van der Waals surface area contributed by atoms with Gasteiger partial charge < -0.3 is 23.2 Å². The number of ether oxygens (including phenoxy) is 3. The van der Waals surface area contributed by atoms with Crippen LogP contribution in [0.1, 0.15) is 27.6 Å². The largest absolute Gasteiger partial charge is 0.466 e. The van der Waals surface area contributed by atoms with Gasteiger partial charge in [0.1, 0.15) is 29.4 Å². The molecule has 1 aliphatic heterocycles. The molecule has 0 amide bonds. The molecule has 0 fully saturated rings. The third kappa shape index (κ3) is 2.96. The van der Waals surface area contributed by atoms with Gasteiger partial charge in [0.05, 0.1) is 0 Å². The van der Waals surface area contributed by atoms with Crippen molar-refractivity contribution in [3.8, 4) is 22.8 Å². The second-order valence-electron chi connectivity index (χ2n) is 5.65. The molecule has 7 nitrogen and oxygen atoms in total. The first-order valence-corrected chi connectivity index (χ1v) is 7.70. The number of carbonyl (C=O) groups excluding carboxylic acids is 1. The van der Waals surface area contributed by atoms with Crippen LogP contribution in [-0.2, 0) is 11.3 Å². The van der Waals surface area contributed by atoms with Crippen molar-refractivity contribution < 1.29 is 27.9 Å². The average molecular weight is 341 g/mol. The molecule has 3 aromatic rings. The minimum Gasteiger partial charge on any atom is -0.466 e. The molecule has 0 radical (unpaired) electrons. The number of carbonyl (C=O) groups is 1. The molecule has 0 atom stereocenters. The fourth-order valence-electron chi connectivity index (χ4n) is 2.62. The van der Waals surface area contributed by atoms with Gasteiger partial charge in [-0.05, 0) is 38.1 Å². The molecule has 128 valence electrons. The quantitative estimate of drug-likeness (QED) is 0.670. The summed E-state index contributed by atoms with van der Waals surface area (Å²) in [5.74, 6) is 2.65. The fourth-order valence-corrected chi connectivity index (χ4v) is 2.62. The van der Waals surface area contributed by atoms with E-state index in [1.807, 2.05) is 18.2 Å². The van der Waals surface area contributed by atoms with Gasteiger partial charge >= 0.3 is 5.97 Å². The number of hydrogen-bond acceptors (Lipinski definition) is 7. The van der Waals surface area contributed by atoms with Crippen LogP contribution in [-0.4, -0.2) is 17.9 Å². The first kappa shape index (κ1) is 15.3. The first-order chi connectivity index (χ1) is 12.1. The Morgan fingerprint density at radius 2 is 2.00 bits per heavy atom. The molecule has 1 aliphatic rings. The van der Waals surface area contributed by atoms with Gasteiger partial charge in [-0.2, -0.15) is 0 Å². The summed E-state index contributed by atoms with van der Waals surface area (Å²) in [7, 11) is 0. The summed E-state index contributed by atoms with van der Waals surface area (Å²) < 4.78 is 26.5. The number of fused-ring (bicyclic) bond motifs is 1. The lowest BCUT2D eigenvalue weighted by atomic mass is 10.1. The number of aromatic nitrogens is 1. The number of furan rings is 1. The summed E-state index contributed by atoms with van der Waals surface area (Å²) in [4.78, 5) is 12.1. The van der Waals surface area contributed by atoms with E-state index >= 15 is 0 Å². The molecular formula is C18H15NO6. The Morgan fingerprint density at radius 1 is 1.16 bits per heavy atom. The minimum atomic E-state index is -0.457. The van der Waals surface area contributed by atoms with Crippen molar-refractivity contribution in [3.63, 3.8) is 0 Å². The molecule has 0 spiro atoms. The van der Waals surface area contributed by atoms with E-state index < -0.39 is 5.97 Å². The Hall–Kier alpha value is -3.22. The van der Waals surface area contributed by atoms with Crippen LogP contribution in [0.25, 0.3) is 11.3 Å². The number of esters is 1. The number of nitrogens with zero attached hydrogens (tertiary/aromatic N) is 1. The Bertz CT molecular complexity index is 939. The van der Waals surface area contributed by atoms with Crippen LogP contribution in [0.5, 0.6) is 11.5 Å². The minimum absolute atomic E-state index is 0.0105. The van der Waals surface area contributed by atoms with Gasteiger partial charge in [-0.3, -0.25) is 0 Å². The normalized spacial score (nSPS) is 12.4. The van der Waals surface area contributed by atoms with Crippen molar-refractivity contribution in [3.05, 3.63) is 53.1 Å². The zero-order valence-electron chi connectivity index (χ0n) is 13.7. The van der Waals surface area contributed by atoms with Crippen molar-refractivity contribution in [1.29, 1.82) is 0 Å². The number of benzene rings is 1. The maximum atomic E-state index is 12.1. The Labute approximate surface area is 143 Å². The second-order valence-corrected chi connectivity index (χ2v) is 5.65. The van der Waals surface area contributed by atoms with Gasteiger partial charge in [0, 0.05) is 11.6 Å². The molecule has 4 rings (SSSR count). The van der Waals surface area contributed by atoms with Gasteiger partial charge in [-0.1, -0.05) is 5.16 Å². The molecule has 3 heterocycles. The highest BCUT2D eigenvalue weighted by Gasteiger charge is 2.18. The number of aryl methyl sites for hydroxylation is 2. The van der Waals surface area contributed by atoms with Crippen LogP contribution >= 0.6 is 0 Å². The summed E-state index contributed by atoms with van der Waals surface area (Å²) in [5.41, 5.74) is 1.73. The highest BCUT2D eigenvalue weighted by Crippen LogP contribution is 2.36. The van der Waals surface area contributed by atoms with Gasteiger partial charge in [-0.15, -0.1) is 0 Å². The fraction of sp³-hybridized carbons (Fsp3) is 0.222. The van der Waals surface area contributed by atoms with Gasteiger partial charge in [0.15, 0.2) is 17.3 Å². The zero-order valence-corrected chi connectivity index (χ0v) is 13.7. The lowest BCUT2D eigenvalue weighted by Crippen LogP contribution is -2.05. The monoisotopic (exact) mass is 341 g/mol. The Kier molecular flexibility index (Phi) is 3.68. The molecular weight excluding hydrogens is 326 g/mol. The molecule has 2 aromatic heterocycles. The summed E-state index contributed by atoms with van der Waals surface area (Å²) in [6.07, 6.45) is 0. The predicted octanol–water partition coefficient (Wildman–Crippen LogP) is 3.64. The van der Waals surface area contributed by atoms with E-state index in [0.29, 0.717) is 40.0 Å². The predicted molar refractivity (Wildman–Crippen MR) is 85.4 cm³/mol. The smallest absolute Gasteiger partial charge is 0.342 e. The van der Waals surface area contributed by atoms with Crippen LogP contribution in [0, 0.1) is 13.8 Å². The highest BCUT2D eigenvalue weighted by atomic mass is 16.7. The third-order valence-corrected chi connectivity index (χ3v) is 3.83. The number of rotatable bonds is 4. The summed E-state index contributed by atoms with van der Waals surface area (Å²) in [6.45, 7) is 3.72. The SMILES string of the molecule is Cc1cc(C(=O)OCc2cc(-c3ccc4c(c3)OCO4)on2)c(C)o1. The van der Waals surface area contributed by atoms with Crippen LogP contribution < -0.4 is 9.47 Å². The van der Waals surface area contributed by atoms with Crippen LogP contribution in [0.2, 0.25) is 0 Å². The van der Waals surface area contributed by atoms with Crippen LogP contribution in [0.3, 0.4) is 0 Å². The lowest BCUT2D eigenvalue weighted by molar-refractivity contribution is 0.0462. The third-order valence-electron chi connectivity index (χ3n) is 3.83. The molecule has 0 bridgehead atoms. The molecule has 0 aliphatic carbocycles. The van der Waals surface area contributed by atoms with E-state index in [4.69, 9.17) is 23.2 Å². The highest BCUT2D eigenvalue weighted by molar-refractivity contribution is 5.90. The summed E-state index contributed by atoms with van der Waals surface area (Å²) in [5, 5.41) is 3.93. The van der Waals surface area contributed by atoms with E-state index in [0.717, 1.165) is 5.56 Å². The van der Waals surface area contributed by atoms with E-state index in [2.05, 4.69) is 5.16 Å². The van der Waals surface area contributed by atoms with Crippen molar-refractivity contribution in [2.45, 2.75) is 20.5 Å². The molecule has 0 saturated carbocycles. The molecule has 7 heteroatoms.